The van der Waals surface area contributed by atoms with Crippen molar-refractivity contribution < 1.29 is 5.11 Å². The van der Waals surface area contributed by atoms with E-state index in [0.717, 1.165) is 34.4 Å². The van der Waals surface area contributed by atoms with E-state index in [1.54, 1.807) is 6.07 Å². The number of nitrogens with zero attached hydrogens (tertiary/aromatic N) is 4. The van der Waals surface area contributed by atoms with Crippen LogP contribution in [0.5, 0.6) is 5.75 Å². The molecule has 0 saturated heterocycles. The maximum absolute atomic E-state index is 10.6. The summed E-state index contributed by atoms with van der Waals surface area (Å²) >= 11 is 5.47. The van der Waals surface area contributed by atoms with Gasteiger partial charge >= 0.3 is 0 Å². The summed E-state index contributed by atoms with van der Waals surface area (Å²) in [5.41, 5.74) is 4.26. The van der Waals surface area contributed by atoms with E-state index in [-0.39, 0.29) is 5.75 Å². The summed E-state index contributed by atoms with van der Waals surface area (Å²) in [5, 5.41) is 26.1. The van der Waals surface area contributed by atoms with Gasteiger partial charge in [0.05, 0.1) is 16.8 Å². The van der Waals surface area contributed by atoms with Gasteiger partial charge < -0.3 is 10.0 Å². The van der Waals surface area contributed by atoms with Crippen LogP contribution >= 0.6 is 12.2 Å². The highest BCUT2D eigenvalue weighted by Crippen LogP contribution is 2.34. The Morgan fingerprint density at radius 3 is 2.70 bits per heavy atom. The number of H-pyrrole nitrogens is 2. The van der Waals surface area contributed by atoms with Crippen LogP contribution in [0.15, 0.2) is 36.4 Å². The van der Waals surface area contributed by atoms with Gasteiger partial charge in [-0.2, -0.15) is 10.2 Å². The lowest BCUT2D eigenvalue weighted by Gasteiger charge is -2.15. The molecule has 4 aromatic rings. The molecule has 2 aromatic heterocycles. The predicted molar refractivity (Wildman–Crippen MR) is 109 cm³/mol. The van der Waals surface area contributed by atoms with Crippen molar-refractivity contribution in [1.29, 1.82) is 0 Å². The Kier molecular flexibility index (Phi) is 4.19. The molecule has 0 unspecified atom stereocenters. The fourth-order valence-electron chi connectivity index (χ4n) is 3.18. The first-order valence-electron chi connectivity index (χ1n) is 8.65. The summed E-state index contributed by atoms with van der Waals surface area (Å²) in [7, 11) is 3.97. The van der Waals surface area contributed by atoms with Crippen molar-refractivity contribution in [2.75, 3.05) is 19.0 Å². The van der Waals surface area contributed by atoms with Gasteiger partial charge in [0.1, 0.15) is 5.75 Å². The van der Waals surface area contributed by atoms with Gasteiger partial charge in [-0.25, -0.2) is 0 Å². The fourth-order valence-corrected chi connectivity index (χ4v) is 3.41. The molecule has 138 valence electrons. The van der Waals surface area contributed by atoms with Crippen LogP contribution in [0.1, 0.15) is 12.6 Å². The Labute approximate surface area is 161 Å². The molecule has 4 rings (SSSR count). The van der Waals surface area contributed by atoms with Crippen LogP contribution in [0, 0.1) is 4.77 Å². The van der Waals surface area contributed by atoms with Crippen molar-refractivity contribution >= 4 is 28.8 Å². The predicted octanol–water partition coefficient (Wildman–Crippen LogP) is 3.81. The zero-order valence-corrected chi connectivity index (χ0v) is 16.1. The standard InChI is InChI=1S/C19H20N6OS/c1-4-15-13-9-14(17(26)10-16(13)21-20-15)18-22-23-19(27)25(18)12-7-5-6-11(8-12)24(2)3/h5-10,26H,4H2,1-3H3,(H,20,21)(H,23,27). The zero-order chi connectivity index (χ0) is 19.1. The van der Waals surface area contributed by atoms with Crippen LogP contribution in [0.25, 0.3) is 28.0 Å². The second-order valence-electron chi connectivity index (χ2n) is 6.54. The second kappa shape index (κ2) is 6.55. The summed E-state index contributed by atoms with van der Waals surface area (Å²) in [6.07, 6.45) is 0.818. The van der Waals surface area contributed by atoms with Crippen LogP contribution in [-0.2, 0) is 6.42 Å². The van der Waals surface area contributed by atoms with Crippen LogP contribution in [0.4, 0.5) is 5.69 Å². The molecular weight excluding hydrogens is 360 g/mol. The molecule has 27 heavy (non-hydrogen) atoms. The third-order valence-electron chi connectivity index (χ3n) is 4.62. The Bertz CT molecular complexity index is 1190. The lowest BCUT2D eigenvalue weighted by atomic mass is 10.1. The minimum atomic E-state index is 0.107. The third-order valence-corrected chi connectivity index (χ3v) is 4.90. The monoisotopic (exact) mass is 380 g/mol. The summed E-state index contributed by atoms with van der Waals surface area (Å²) in [6.45, 7) is 2.06. The van der Waals surface area contributed by atoms with E-state index < -0.39 is 0 Å². The average molecular weight is 380 g/mol. The van der Waals surface area contributed by atoms with Crippen molar-refractivity contribution in [3.8, 4) is 22.8 Å². The Morgan fingerprint density at radius 1 is 1.15 bits per heavy atom. The number of anilines is 1. The van der Waals surface area contributed by atoms with E-state index in [1.807, 2.05) is 53.9 Å². The van der Waals surface area contributed by atoms with Gasteiger partial charge in [0.2, 0.25) is 0 Å². The summed E-state index contributed by atoms with van der Waals surface area (Å²) in [4.78, 5) is 2.02. The Balaban J connectivity index is 1.95. The van der Waals surface area contributed by atoms with Crippen LogP contribution in [0.3, 0.4) is 0 Å². The van der Waals surface area contributed by atoms with Crippen molar-refractivity contribution in [3.05, 3.63) is 46.9 Å². The van der Waals surface area contributed by atoms with Gasteiger partial charge in [0.15, 0.2) is 10.6 Å². The number of aromatic hydroxyl groups is 1. The molecule has 0 aliphatic heterocycles. The molecule has 0 radical (unpaired) electrons. The lowest BCUT2D eigenvalue weighted by molar-refractivity contribution is 0.477. The zero-order valence-electron chi connectivity index (χ0n) is 15.3. The van der Waals surface area contributed by atoms with Gasteiger partial charge in [-0.05, 0) is 42.9 Å². The van der Waals surface area contributed by atoms with E-state index in [1.165, 1.54) is 0 Å². The third kappa shape index (κ3) is 2.87. The molecule has 8 heteroatoms. The number of aromatic nitrogens is 5. The molecule has 0 fully saturated rings. The minimum absolute atomic E-state index is 0.107. The normalized spacial score (nSPS) is 11.2. The molecule has 0 aliphatic carbocycles. The molecule has 3 N–H and O–H groups in total. The molecule has 0 atom stereocenters. The highest BCUT2D eigenvalue weighted by atomic mass is 32.1. The van der Waals surface area contributed by atoms with Crippen molar-refractivity contribution in [3.63, 3.8) is 0 Å². The number of hydrogen-bond donors (Lipinski definition) is 3. The van der Waals surface area contributed by atoms with Gasteiger partial charge in [0, 0.05) is 36.9 Å². The molecule has 0 amide bonds. The van der Waals surface area contributed by atoms with Gasteiger partial charge in [-0.1, -0.05) is 13.0 Å². The number of rotatable bonds is 4. The summed E-state index contributed by atoms with van der Waals surface area (Å²) < 4.78 is 2.29. The molecule has 0 bridgehead atoms. The van der Waals surface area contributed by atoms with Gasteiger partial charge in [-0.3, -0.25) is 14.8 Å². The molecule has 2 heterocycles. The number of phenolic OH excluding ortho intramolecular Hbond substituents is 1. The largest absolute Gasteiger partial charge is 0.507 e. The summed E-state index contributed by atoms with van der Waals surface area (Å²) in [6, 6.07) is 11.5. The Morgan fingerprint density at radius 2 is 1.96 bits per heavy atom. The topological polar surface area (TPSA) is 85.8 Å². The minimum Gasteiger partial charge on any atom is -0.507 e. The van der Waals surface area contributed by atoms with E-state index >= 15 is 0 Å². The van der Waals surface area contributed by atoms with Crippen molar-refractivity contribution in [1.82, 2.24) is 25.0 Å². The molecule has 0 aliphatic rings. The van der Waals surface area contributed by atoms with Crippen molar-refractivity contribution in [2.45, 2.75) is 13.3 Å². The van der Waals surface area contributed by atoms with Crippen LogP contribution < -0.4 is 4.90 Å². The number of aromatic amines is 2. The van der Waals surface area contributed by atoms with Crippen LogP contribution in [-0.4, -0.2) is 44.2 Å². The molecule has 7 nitrogen and oxygen atoms in total. The van der Waals surface area contributed by atoms with Gasteiger partial charge in [-0.15, -0.1) is 0 Å². The highest BCUT2D eigenvalue weighted by molar-refractivity contribution is 7.71. The first-order chi connectivity index (χ1) is 13.0. The molecule has 2 aromatic carbocycles. The number of fused-ring (bicyclic) bond motifs is 1. The number of phenols is 1. The lowest BCUT2D eigenvalue weighted by Crippen LogP contribution is -2.09. The SMILES string of the molecule is CCc1[nH]nc2cc(O)c(-c3n[nH]c(=S)n3-c3cccc(N(C)C)c3)cc12. The average Bonchev–Trinajstić information content (AvgIpc) is 3.23. The number of hydrogen-bond acceptors (Lipinski definition) is 5. The van der Waals surface area contributed by atoms with E-state index in [9.17, 15) is 5.11 Å². The molecule has 0 saturated carbocycles. The van der Waals surface area contributed by atoms with Crippen molar-refractivity contribution in [2.24, 2.45) is 0 Å². The number of aryl methyl sites for hydroxylation is 1. The van der Waals surface area contributed by atoms with Crippen LogP contribution in [0.2, 0.25) is 0 Å². The maximum atomic E-state index is 10.6. The fraction of sp³-hybridized carbons (Fsp3) is 0.211. The highest BCUT2D eigenvalue weighted by Gasteiger charge is 2.17. The summed E-state index contributed by atoms with van der Waals surface area (Å²) in [5.74, 6) is 0.661. The first kappa shape index (κ1) is 17.3. The molecule has 0 spiro atoms. The van der Waals surface area contributed by atoms with E-state index in [0.29, 0.717) is 16.2 Å². The smallest absolute Gasteiger partial charge is 0.200 e. The van der Waals surface area contributed by atoms with E-state index in [2.05, 4.69) is 27.3 Å². The quantitative estimate of drug-likeness (QED) is 0.469. The first-order valence-corrected chi connectivity index (χ1v) is 9.06. The maximum Gasteiger partial charge on any atom is 0.200 e. The number of nitrogens with one attached hydrogen (secondary N) is 2. The van der Waals surface area contributed by atoms with E-state index in [4.69, 9.17) is 12.2 Å². The van der Waals surface area contributed by atoms with Gasteiger partial charge in [0.25, 0.3) is 0 Å². The number of benzene rings is 2. The second-order valence-corrected chi connectivity index (χ2v) is 6.93. The molecular formula is C19H20N6OS. The Hall–Kier alpha value is -3.13.